The molecule has 0 spiro atoms. The molecule has 146 valence electrons. The number of nitrogens with zero attached hydrogens (tertiary/aromatic N) is 1. The van der Waals surface area contributed by atoms with E-state index in [1.165, 1.54) is 4.90 Å². The van der Waals surface area contributed by atoms with E-state index in [1.807, 2.05) is 18.2 Å². The van der Waals surface area contributed by atoms with Gasteiger partial charge in [0.2, 0.25) is 10.0 Å². The molecule has 2 aromatic rings. The first-order valence-corrected chi connectivity index (χ1v) is 10.6. The minimum Gasteiger partial charge on any atom is -0.493 e. The summed E-state index contributed by atoms with van der Waals surface area (Å²) in [5, 5.41) is 0.526. The van der Waals surface area contributed by atoms with Crippen LogP contribution in [0.2, 0.25) is 5.02 Å². The largest absolute Gasteiger partial charge is 0.493 e. The van der Waals surface area contributed by atoms with Gasteiger partial charge >= 0.3 is 0 Å². The average Bonchev–Trinajstić information content (AvgIpc) is 2.68. The molecule has 0 aromatic heterocycles. The summed E-state index contributed by atoms with van der Waals surface area (Å²) < 4.78 is 37.7. The lowest BCUT2D eigenvalue weighted by Gasteiger charge is -2.31. The van der Waals surface area contributed by atoms with Crippen LogP contribution in [0.1, 0.15) is 5.56 Å². The maximum Gasteiger partial charge on any atom is 0.243 e. The van der Waals surface area contributed by atoms with Crippen molar-refractivity contribution in [2.75, 3.05) is 40.4 Å². The third-order valence-electron chi connectivity index (χ3n) is 4.78. The summed E-state index contributed by atoms with van der Waals surface area (Å²) in [6, 6.07) is 12.2. The van der Waals surface area contributed by atoms with Gasteiger partial charge in [-0.1, -0.05) is 11.6 Å². The van der Waals surface area contributed by atoms with Crippen LogP contribution in [-0.4, -0.2) is 53.1 Å². The fourth-order valence-corrected chi connectivity index (χ4v) is 4.82. The van der Waals surface area contributed by atoms with E-state index < -0.39 is 10.0 Å². The predicted octanol–water partition coefficient (Wildman–Crippen LogP) is 1.45. The molecule has 0 atom stereocenters. The number of methoxy groups -OCH3 is 2. The lowest BCUT2D eigenvalue weighted by atomic mass is 10.1. The zero-order chi connectivity index (χ0) is 19.4. The van der Waals surface area contributed by atoms with Crippen LogP contribution in [0.5, 0.6) is 11.5 Å². The number of ether oxygens (including phenoxy) is 2. The molecule has 1 saturated heterocycles. The molecule has 0 aliphatic carbocycles. The monoisotopic (exact) mass is 411 g/mol. The smallest absolute Gasteiger partial charge is 0.243 e. The Bertz CT molecular complexity index is 879. The number of nitrogens with one attached hydrogen (secondary N) is 1. The highest BCUT2D eigenvalue weighted by atomic mass is 35.5. The first kappa shape index (κ1) is 19.9. The predicted molar refractivity (Wildman–Crippen MR) is 104 cm³/mol. The number of sulfonamides is 1. The van der Waals surface area contributed by atoms with Crippen LogP contribution in [0.4, 0.5) is 0 Å². The Morgan fingerprint density at radius 1 is 1.00 bits per heavy atom. The van der Waals surface area contributed by atoms with Gasteiger partial charge in [0.05, 0.1) is 45.3 Å². The summed E-state index contributed by atoms with van der Waals surface area (Å²) in [6.45, 7) is 3.30. The van der Waals surface area contributed by atoms with Crippen LogP contribution in [0.15, 0.2) is 47.4 Å². The Morgan fingerprint density at radius 2 is 1.63 bits per heavy atom. The highest BCUT2D eigenvalue weighted by molar-refractivity contribution is 7.89. The highest BCUT2D eigenvalue weighted by Gasteiger charge is 2.30. The number of piperazine rings is 1. The van der Waals surface area contributed by atoms with Crippen molar-refractivity contribution in [3.8, 4) is 11.5 Å². The fourth-order valence-electron chi connectivity index (χ4n) is 3.25. The molecule has 0 saturated carbocycles. The number of hydrogen-bond acceptors (Lipinski definition) is 4. The van der Waals surface area contributed by atoms with Gasteiger partial charge in [-0.15, -0.1) is 0 Å². The summed E-state index contributed by atoms with van der Waals surface area (Å²) in [5.74, 6) is 1.41. The van der Waals surface area contributed by atoms with Crippen LogP contribution in [-0.2, 0) is 16.6 Å². The number of rotatable bonds is 6. The molecule has 1 fully saturated rings. The van der Waals surface area contributed by atoms with E-state index in [2.05, 4.69) is 0 Å². The van der Waals surface area contributed by atoms with Crippen LogP contribution in [0, 0.1) is 0 Å². The van der Waals surface area contributed by atoms with Crippen molar-refractivity contribution in [3.05, 3.63) is 53.1 Å². The number of halogens is 1. The normalized spacial score (nSPS) is 16.3. The number of quaternary nitrogens is 1. The molecule has 2 aromatic carbocycles. The zero-order valence-electron chi connectivity index (χ0n) is 15.4. The Hall–Kier alpha value is -1.80. The molecule has 0 unspecified atom stereocenters. The first-order chi connectivity index (χ1) is 12.9. The zero-order valence-corrected chi connectivity index (χ0v) is 17.0. The van der Waals surface area contributed by atoms with Crippen molar-refractivity contribution in [2.45, 2.75) is 11.4 Å². The molecule has 0 radical (unpaired) electrons. The maximum atomic E-state index is 12.8. The van der Waals surface area contributed by atoms with Gasteiger partial charge in [-0.25, -0.2) is 8.42 Å². The molecule has 0 bridgehead atoms. The summed E-state index contributed by atoms with van der Waals surface area (Å²) >= 11 is 5.86. The van der Waals surface area contributed by atoms with E-state index in [0.717, 1.165) is 25.2 Å². The van der Waals surface area contributed by atoms with E-state index in [-0.39, 0.29) is 4.90 Å². The molecule has 3 rings (SSSR count). The van der Waals surface area contributed by atoms with Gasteiger partial charge in [0.15, 0.2) is 11.5 Å². The van der Waals surface area contributed by atoms with Gasteiger partial charge in [0.1, 0.15) is 6.54 Å². The van der Waals surface area contributed by atoms with Crippen molar-refractivity contribution in [1.29, 1.82) is 0 Å². The second-order valence-corrected chi connectivity index (χ2v) is 8.85. The Kier molecular flexibility index (Phi) is 6.26. The molecule has 27 heavy (non-hydrogen) atoms. The molecule has 8 heteroatoms. The van der Waals surface area contributed by atoms with Crippen molar-refractivity contribution in [3.63, 3.8) is 0 Å². The molecule has 1 heterocycles. The molecule has 0 amide bonds. The standard InChI is InChI=1S/C19H23ClN2O4S/c1-25-18-8-3-15(13-19(18)26-2)14-21-9-11-22(12-10-21)27(23,24)17-6-4-16(20)5-7-17/h3-8,13H,9-12,14H2,1-2H3/p+1. The first-order valence-electron chi connectivity index (χ1n) is 8.74. The fraction of sp³-hybridized carbons (Fsp3) is 0.368. The van der Waals surface area contributed by atoms with Crippen LogP contribution in [0.3, 0.4) is 0 Å². The summed E-state index contributed by atoms with van der Waals surface area (Å²) in [7, 11) is -0.236. The SMILES string of the molecule is COc1ccc(C[NH+]2CCN(S(=O)(=O)c3ccc(Cl)cc3)CC2)cc1OC. The second-order valence-electron chi connectivity index (χ2n) is 6.47. The van der Waals surface area contributed by atoms with Gasteiger partial charge < -0.3 is 14.4 Å². The van der Waals surface area contributed by atoms with E-state index in [1.54, 1.807) is 42.8 Å². The van der Waals surface area contributed by atoms with Crippen LogP contribution < -0.4 is 14.4 Å². The third kappa shape index (κ3) is 4.55. The Labute approximate surface area is 165 Å². The molecular weight excluding hydrogens is 388 g/mol. The number of benzene rings is 2. The summed E-state index contributed by atoms with van der Waals surface area (Å²) in [5.41, 5.74) is 1.14. The van der Waals surface area contributed by atoms with E-state index in [4.69, 9.17) is 21.1 Å². The Morgan fingerprint density at radius 3 is 2.22 bits per heavy atom. The molecule has 1 aliphatic rings. The van der Waals surface area contributed by atoms with Crippen LogP contribution >= 0.6 is 11.6 Å². The average molecular weight is 412 g/mol. The van der Waals surface area contributed by atoms with E-state index in [0.29, 0.717) is 29.6 Å². The Balaban J connectivity index is 1.63. The van der Waals surface area contributed by atoms with Crippen LogP contribution in [0.25, 0.3) is 0 Å². The molecule has 1 N–H and O–H groups in total. The van der Waals surface area contributed by atoms with E-state index in [9.17, 15) is 8.42 Å². The van der Waals surface area contributed by atoms with Crippen molar-refractivity contribution < 1.29 is 22.8 Å². The van der Waals surface area contributed by atoms with Gasteiger partial charge in [-0.05, 0) is 42.5 Å². The van der Waals surface area contributed by atoms with Crippen molar-refractivity contribution in [1.82, 2.24) is 4.31 Å². The molecule has 1 aliphatic heterocycles. The maximum absolute atomic E-state index is 12.8. The summed E-state index contributed by atoms with van der Waals surface area (Å²) in [4.78, 5) is 1.63. The minimum absolute atomic E-state index is 0.287. The molecular formula is C19H24ClN2O4S+. The summed E-state index contributed by atoms with van der Waals surface area (Å²) in [6.07, 6.45) is 0. The topological polar surface area (TPSA) is 60.3 Å². The highest BCUT2D eigenvalue weighted by Crippen LogP contribution is 2.27. The van der Waals surface area contributed by atoms with Gasteiger partial charge in [0, 0.05) is 10.6 Å². The second kappa shape index (κ2) is 8.48. The number of hydrogen-bond donors (Lipinski definition) is 1. The lowest BCUT2D eigenvalue weighted by Crippen LogP contribution is -3.13. The van der Waals surface area contributed by atoms with Gasteiger partial charge in [-0.2, -0.15) is 4.31 Å². The van der Waals surface area contributed by atoms with E-state index >= 15 is 0 Å². The van der Waals surface area contributed by atoms with Crippen molar-refractivity contribution in [2.24, 2.45) is 0 Å². The minimum atomic E-state index is -3.47. The molecule has 6 nitrogen and oxygen atoms in total. The quantitative estimate of drug-likeness (QED) is 0.781. The van der Waals surface area contributed by atoms with Gasteiger partial charge in [0.25, 0.3) is 0 Å². The van der Waals surface area contributed by atoms with Gasteiger partial charge in [-0.3, -0.25) is 0 Å². The van der Waals surface area contributed by atoms with Crippen molar-refractivity contribution >= 4 is 21.6 Å². The lowest BCUT2D eigenvalue weighted by molar-refractivity contribution is -0.917. The third-order valence-corrected chi connectivity index (χ3v) is 6.95.